The van der Waals surface area contributed by atoms with Gasteiger partial charge >= 0.3 is 0 Å². The monoisotopic (exact) mass is 206 g/mol. The van der Waals surface area contributed by atoms with Gasteiger partial charge in [0.2, 0.25) is 0 Å². The summed E-state index contributed by atoms with van der Waals surface area (Å²) in [6, 6.07) is 5.91. The van der Waals surface area contributed by atoms with Crippen molar-refractivity contribution in [3.05, 3.63) is 28.8 Å². The molecule has 1 rings (SSSR count). The van der Waals surface area contributed by atoms with Gasteiger partial charge in [0.05, 0.1) is 5.21 Å². The van der Waals surface area contributed by atoms with E-state index in [-0.39, 0.29) is 0 Å². The Morgan fingerprint density at radius 3 is 2.73 bits per heavy atom. The number of benzene rings is 1. The van der Waals surface area contributed by atoms with Crippen molar-refractivity contribution in [1.29, 1.82) is 0 Å². The van der Waals surface area contributed by atoms with Gasteiger partial charge < -0.3 is 0 Å². The molecule has 0 aromatic heterocycles. The third kappa shape index (κ3) is 2.58. The van der Waals surface area contributed by atoms with Crippen LogP contribution in [0.3, 0.4) is 0 Å². The van der Waals surface area contributed by atoms with Gasteiger partial charge in [-0.1, -0.05) is 11.6 Å². The van der Waals surface area contributed by atoms with Gasteiger partial charge in [0.25, 0.3) is 0 Å². The second-order valence-electron chi connectivity index (χ2n) is 2.16. The van der Waals surface area contributed by atoms with Crippen molar-refractivity contribution in [3.63, 3.8) is 0 Å². The molecule has 0 fully saturated rings. The predicted octanol–water partition coefficient (Wildman–Crippen LogP) is 3.94. The smallest absolute Gasteiger partial charge is 0.0727 e. The molecule has 0 amide bonds. The average Bonchev–Trinajstić information content (AvgIpc) is 1.98. The average molecular weight is 207 g/mol. The number of aryl methyl sites for hydroxylation is 1. The van der Waals surface area contributed by atoms with E-state index in [9.17, 15) is 0 Å². The Morgan fingerprint density at radius 1 is 1.45 bits per heavy atom. The molecule has 0 radical (unpaired) electrons. The lowest BCUT2D eigenvalue weighted by Gasteiger charge is -2.00. The maximum Gasteiger partial charge on any atom is 0.0727 e. The van der Waals surface area contributed by atoms with Crippen molar-refractivity contribution >= 4 is 35.0 Å². The summed E-state index contributed by atoms with van der Waals surface area (Å²) in [5, 5.41) is 1.39. The molecule has 0 saturated carbocycles. The number of halogens is 2. The number of rotatable bonds is 2. The van der Waals surface area contributed by atoms with Crippen LogP contribution in [0.15, 0.2) is 23.1 Å². The molecule has 0 aliphatic rings. The van der Waals surface area contributed by atoms with Crippen LogP contribution in [-0.2, 0) is 0 Å². The van der Waals surface area contributed by atoms with Crippen LogP contribution in [0.25, 0.3) is 0 Å². The van der Waals surface area contributed by atoms with Crippen LogP contribution < -0.4 is 0 Å². The molecule has 1 aromatic carbocycles. The first-order chi connectivity index (χ1) is 5.24. The molecule has 1 aromatic rings. The number of hydrogen-bond donors (Lipinski definition) is 0. The molecule has 11 heavy (non-hydrogen) atoms. The van der Waals surface area contributed by atoms with Gasteiger partial charge in [-0.25, -0.2) is 0 Å². The van der Waals surface area contributed by atoms with Crippen molar-refractivity contribution < 1.29 is 0 Å². The Balaban J connectivity index is 2.86. The molecule has 0 heterocycles. The third-order valence-corrected chi connectivity index (χ3v) is 2.80. The molecule has 0 saturated heterocycles. The lowest BCUT2D eigenvalue weighted by atomic mass is 10.2. The van der Waals surface area contributed by atoms with Crippen LogP contribution in [-0.4, -0.2) is 5.21 Å². The van der Waals surface area contributed by atoms with Crippen LogP contribution in [0.2, 0.25) is 5.02 Å². The molecule has 0 aliphatic carbocycles. The highest BCUT2D eigenvalue weighted by Crippen LogP contribution is 2.24. The second kappa shape index (κ2) is 4.24. The summed E-state index contributed by atoms with van der Waals surface area (Å²) in [7, 11) is 0. The normalized spacial score (nSPS) is 10.1. The minimum absolute atomic E-state index is 0.584. The van der Waals surface area contributed by atoms with Gasteiger partial charge in [-0.05, 0) is 30.7 Å². The van der Waals surface area contributed by atoms with E-state index < -0.39 is 0 Å². The van der Waals surface area contributed by atoms with Gasteiger partial charge in [0.1, 0.15) is 0 Å². The number of thioether (sulfide) groups is 1. The lowest BCUT2D eigenvalue weighted by molar-refractivity contribution is 1.36. The van der Waals surface area contributed by atoms with Crippen molar-refractivity contribution in [2.45, 2.75) is 11.8 Å². The predicted molar refractivity (Wildman–Crippen MR) is 52.8 cm³/mol. The maximum atomic E-state index is 5.84. The Kier molecular flexibility index (Phi) is 3.57. The van der Waals surface area contributed by atoms with E-state index in [1.807, 2.05) is 25.1 Å². The summed E-state index contributed by atoms with van der Waals surface area (Å²) in [5.41, 5.74) is 1.10. The fourth-order valence-corrected chi connectivity index (χ4v) is 1.82. The molecule has 3 heteroatoms. The van der Waals surface area contributed by atoms with Crippen molar-refractivity contribution in [3.8, 4) is 0 Å². The van der Waals surface area contributed by atoms with Crippen LogP contribution in [0.4, 0.5) is 0 Å². The largest absolute Gasteiger partial charge is 0.114 e. The first-order valence-electron chi connectivity index (χ1n) is 3.19. The van der Waals surface area contributed by atoms with E-state index in [1.165, 1.54) is 4.90 Å². The molecule has 0 unspecified atom stereocenters. The van der Waals surface area contributed by atoms with Gasteiger partial charge in [0.15, 0.2) is 0 Å². The summed E-state index contributed by atoms with van der Waals surface area (Å²) in [6.07, 6.45) is 0. The zero-order valence-corrected chi connectivity index (χ0v) is 8.43. The minimum Gasteiger partial charge on any atom is -0.114 e. The summed E-state index contributed by atoms with van der Waals surface area (Å²) in [4.78, 5) is 1.17. The van der Waals surface area contributed by atoms with E-state index in [4.69, 9.17) is 23.2 Å². The fraction of sp³-hybridized carbons (Fsp3) is 0.250. The standard InChI is InChI=1S/C8H8Cl2S/c1-6-4-7(11-5-9)2-3-8(6)10/h2-4H,5H2,1H3. The topological polar surface area (TPSA) is 0 Å². The zero-order valence-electron chi connectivity index (χ0n) is 6.10. The Morgan fingerprint density at radius 2 is 2.18 bits per heavy atom. The second-order valence-corrected chi connectivity index (χ2v) is 4.20. The van der Waals surface area contributed by atoms with Crippen molar-refractivity contribution in [2.75, 3.05) is 5.21 Å². The highest BCUT2D eigenvalue weighted by atomic mass is 35.5. The molecule has 0 atom stereocenters. The van der Waals surface area contributed by atoms with Crippen LogP contribution in [0, 0.1) is 6.92 Å². The van der Waals surface area contributed by atoms with E-state index in [0.717, 1.165) is 10.6 Å². The van der Waals surface area contributed by atoms with E-state index in [0.29, 0.717) is 5.21 Å². The van der Waals surface area contributed by atoms with Gasteiger partial charge in [-0.3, -0.25) is 0 Å². The first-order valence-corrected chi connectivity index (χ1v) is 5.09. The molecule has 0 spiro atoms. The molecule has 0 nitrogen and oxygen atoms in total. The fourth-order valence-electron chi connectivity index (χ4n) is 0.770. The van der Waals surface area contributed by atoms with Crippen LogP contribution >= 0.6 is 35.0 Å². The molecule has 60 valence electrons. The summed E-state index contributed by atoms with van der Waals surface area (Å²) in [5.74, 6) is 0. The van der Waals surface area contributed by atoms with Crippen LogP contribution in [0.5, 0.6) is 0 Å². The van der Waals surface area contributed by atoms with Gasteiger partial charge in [0, 0.05) is 9.92 Å². The zero-order chi connectivity index (χ0) is 8.27. The third-order valence-electron chi connectivity index (χ3n) is 1.35. The van der Waals surface area contributed by atoms with Crippen molar-refractivity contribution in [2.24, 2.45) is 0 Å². The van der Waals surface area contributed by atoms with Crippen molar-refractivity contribution in [1.82, 2.24) is 0 Å². The van der Waals surface area contributed by atoms with Gasteiger partial charge in [-0.15, -0.1) is 23.4 Å². The summed E-state index contributed by atoms with van der Waals surface area (Å²) < 4.78 is 0. The molecular weight excluding hydrogens is 199 g/mol. The van der Waals surface area contributed by atoms with E-state index >= 15 is 0 Å². The van der Waals surface area contributed by atoms with Crippen LogP contribution in [0.1, 0.15) is 5.56 Å². The highest BCUT2D eigenvalue weighted by molar-refractivity contribution is 8.00. The summed E-state index contributed by atoms with van der Waals surface area (Å²) >= 11 is 13.0. The maximum absolute atomic E-state index is 5.84. The Hall–Kier alpha value is 0.150. The molecule has 0 aliphatic heterocycles. The lowest BCUT2D eigenvalue weighted by Crippen LogP contribution is -1.76. The Labute approximate surface area is 80.9 Å². The molecular formula is C8H8Cl2S. The minimum atomic E-state index is 0.584. The molecule has 0 N–H and O–H groups in total. The van der Waals surface area contributed by atoms with E-state index in [1.54, 1.807) is 11.8 Å². The molecule has 0 bridgehead atoms. The summed E-state index contributed by atoms with van der Waals surface area (Å²) in [6.45, 7) is 1.99. The number of hydrogen-bond acceptors (Lipinski definition) is 1. The quantitative estimate of drug-likeness (QED) is 0.522. The Bertz CT molecular complexity index is 248. The highest BCUT2D eigenvalue weighted by Gasteiger charge is 1.96. The van der Waals surface area contributed by atoms with Gasteiger partial charge in [-0.2, -0.15) is 0 Å². The number of alkyl halides is 1. The SMILES string of the molecule is Cc1cc(SCCl)ccc1Cl. The first kappa shape index (κ1) is 9.24. The van der Waals surface area contributed by atoms with E-state index in [2.05, 4.69) is 0 Å².